The van der Waals surface area contributed by atoms with Crippen LogP contribution in [0.4, 0.5) is 0 Å². The first kappa shape index (κ1) is 16.6. The summed E-state index contributed by atoms with van der Waals surface area (Å²) in [5.74, 6) is 0.495. The number of amides is 1. The largest absolute Gasteiger partial charge is 0.337 e. The van der Waals surface area contributed by atoms with Crippen LogP contribution in [0.25, 0.3) is 0 Å². The molecular formula is C15H26N4O. The number of pyridine rings is 1. The van der Waals surface area contributed by atoms with Gasteiger partial charge in [-0.15, -0.1) is 0 Å². The summed E-state index contributed by atoms with van der Waals surface area (Å²) in [5.41, 5.74) is 6.99. The minimum absolute atomic E-state index is 0.0534. The smallest absolute Gasteiger partial charge is 0.254 e. The molecule has 1 aromatic heterocycles. The molecule has 20 heavy (non-hydrogen) atoms. The quantitative estimate of drug-likeness (QED) is 0.814. The maximum absolute atomic E-state index is 12.6. The Hall–Kier alpha value is -1.46. The molecule has 0 aliphatic rings. The fourth-order valence-electron chi connectivity index (χ4n) is 1.94. The van der Waals surface area contributed by atoms with Crippen molar-refractivity contribution >= 4 is 5.91 Å². The average Bonchev–Trinajstić information content (AvgIpc) is 2.42. The number of aromatic nitrogens is 1. The van der Waals surface area contributed by atoms with Crippen molar-refractivity contribution in [3.63, 3.8) is 0 Å². The summed E-state index contributed by atoms with van der Waals surface area (Å²) in [6, 6.07) is 3.54. The maximum atomic E-state index is 12.6. The number of carbonyl (C=O) groups excluding carboxylic acids is 1. The van der Waals surface area contributed by atoms with Crippen molar-refractivity contribution in [2.45, 2.75) is 20.4 Å². The number of hydrogen-bond donors (Lipinski definition) is 1. The summed E-state index contributed by atoms with van der Waals surface area (Å²) >= 11 is 0. The topological polar surface area (TPSA) is 62.5 Å². The van der Waals surface area contributed by atoms with Gasteiger partial charge >= 0.3 is 0 Å². The first-order chi connectivity index (χ1) is 9.43. The van der Waals surface area contributed by atoms with E-state index in [2.05, 4.69) is 23.7 Å². The van der Waals surface area contributed by atoms with Gasteiger partial charge in [0.05, 0.1) is 5.69 Å². The van der Waals surface area contributed by atoms with Crippen molar-refractivity contribution in [2.75, 3.05) is 33.7 Å². The molecule has 0 aliphatic carbocycles. The molecule has 0 saturated heterocycles. The van der Waals surface area contributed by atoms with E-state index in [1.54, 1.807) is 18.3 Å². The van der Waals surface area contributed by atoms with Crippen LogP contribution in [0.2, 0.25) is 0 Å². The van der Waals surface area contributed by atoms with Gasteiger partial charge in [-0.2, -0.15) is 0 Å². The first-order valence-corrected chi connectivity index (χ1v) is 7.03. The van der Waals surface area contributed by atoms with Gasteiger partial charge in [-0.1, -0.05) is 13.8 Å². The van der Waals surface area contributed by atoms with Gasteiger partial charge in [-0.3, -0.25) is 9.78 Å². The standard InChI is InChI=1S/C15H26N4O/c1-12(2)11-19(8-7-18(3)4)15(20)13-5-6-17-14(9-13)10-16/h5-6,9,12H,7-8,10-11,16H2,1-4H3. The summed E-state index contributed by atoms with van der Waals surface area (Å²) < 4.78 is 0. The highest BCUT2D eigenvalue weighted by molar-refractivity contribution is 5.94. The van der Waals surface area contributed by atoms with Gasteiger partial charge in [0.15, 0.2) is 0 Å². The molecule has 1 aromatic rings. The number of nitrogens with zero attached hydrogens (tertiary/aromatic N) is 3. The first-order valence-electron chi connectivity index (χ1n) is 7.03. The second-order valence-electron chi connectivity index (χ2n) is 5.69. The Labute approximate surface area is 121 Å². The highest BCUT2D eigenvalue weighted by Crippen LogP contribution is 2.09. The molecule has 0 radical (unpaired) electrons. The summed E-state index contributed by atoms with van der Waals surface area (Å²) in [4.78, 5) is 20.7. The third-order valence-corrected chi connectivity index (χ3v) is 2.96. The third kappa shape index (κ3) is 5.27. The molecule has 0 saturated carbocycles. The Kier molecular flexibility index (Phi) is 6.61. The van der Waals surface area contributed by atoms with Crippen molar-refractivity contribution in [1.29, 1.82) is 0 Å². The van der Waals surface area contributed by atoms with Crippen LogP contribution in [-0.2, 0) is 6.54 Å². The summed E-state index contributed by atoms with van der Waals surface area (Å²) in [6.45, 7) is 6.93. The third-order valence-electron chi connectivity index (χ3n) is 2.96. The number of rotatable bonds is 7. The van der Waals surface area contributed by atoms with Crippen molar-refractivity contribution < 1.29 is 4.79 Å². The van der Waals surface area contributed by atoms with Crippen LogP contribution in [0.15, 0.2) is 18.3 Å². The van der Waals surface area contributed by atoms with Crippen molar-refractivity contribution in [2.24, 2.45) is 11.7 Å². The summed E-state index contributed by atoms with van der Waals surface area (Å²) in [6.07, 6.45) is 1.65. The lowest BCUT2D eigenvalue weighted by Crippen LogP contribution is -2.39. The summed E-state index contributed by atoms with van der Waals surface area (Å²) in [5, 5.41) is 0. The molecule has 1 amide bonds. The van der Waals surface area contributed by atoms with Crippen LogP contribution in [0, 0.1) is 5.92 Å². The molecule has 0 spiro atoms. The van der Waals surface area contributed by atoms with Gasteiger partial charge in [-0.25, -0.2) is 0 Å². The van der Waals surface area contributed by atoms with Crippen LogP contribution in [0.3, 0.4) is 0 Å². The van der Waals surface area contributed by atoms with Crippen LogP contribution in [0.1, 0.15) is 29.9 Å². The Morgan fingerprint density at radius 3 is 2.60 bits per heavy atom. The normalized spacial score (nSPS) is 11.2. The maximum Gasteiger partial charge on any atom is 0.254 e. The van der Waals surface area contributed by atoms with E-state index in [4.69, 9.17) is 5.73 Å². The zero-order valence-electron chi connectivity index (χ0n) is 13.0. The second-order valence-corrected chi connectivity index (χ2v) is 5.69. The minimum atomic E-state index is 0.0534. The molecule has 0 fully saturated rings. The molecular weight excluding hydrogens is 252 g/mol. The van der Waals surface area contributed by atoms with Crippen molar-refractivity contribution in [1.82, 2.24) is 14.8 Å². The molecule has 0 atom stereocenters. The lowest BCUT2D eigenvalue weighted by molar-refractivity contribution is 0.0724. The fraction of sp³-hybridized carbons (Fsp3) is 0.600. The van der Waals surface area contributed by atoms with Crippen LogP contribution in [0.5, 0.6) is 0 Å². The number of likely N-dealkylation sites (N-methyl/N-ethyl adjacent to an activating group) is 1. The molecule has 5 nitrogen and oxygen atoms in total. The van der Waals surface area contributed by atoms with Gasteiger partial charge < -0.3 is 15.5 Å². The molecule has 0 bridgehead atoms. The van der Waals surface area contributed by atoms with E-state index in [1.165, 1.54) is 0 Å². The Morgan fingerprint density at radius 2 is 2.05 bits per heavy atom. The molecule has 2 N–H and O–H groups in total. The zero-order valence-corrected chi connectivity index (χ0v) is 13.0. The Balaban J connectivity index is 2.84. The van der Waals surface area contributed by atoms with Gasteiger partial charge in [0, 0.05) is 37.9 Å². The van der Waals surface area contributed by atoms with Gasteiger partial charge in [0.25, 0.3) is 5.91 Å². The molecule has 0 unspecified atom stereocenters. The van der Waals surface area contributed by atoms with E-state index < -0.39 is 0 Å². The van der Waals surface area contributed by atoms with Crippen LogP contribution in [-0.4, -0.2) is 54.4 Å². The molecule has 5 heteroatoms. The zero-order chi connectivity index (χ0) is 15.1. The van der Waals surface area contributed by atoms with E-state index in [-0.39, 0.29) is 5.91 Å². The molecule has 112 valence electrons. The lowest BCUT2D eigenvalue weighted by atomic mass is 10.1. The molecule has 0 aromatic carbocycles. The van der Waals surface area contributed by atoms with E-state index >= 15 is 0 Å². The van der Waals surface area contributed by atoms with E-state index in [0.717, 1.165) is 25.3 Å². The van der Waals surface area contributed by atoms with Crippen molar-refractivity contribution in [3.8, 4) is 0 Å². The second kappa shape index (κ2) is 7.97. The predicted molar refractivity (Wildman–Crippen MR) is 81.4 cm³/mol. The lowest BCUT2D eigenvalue weighted by Gasteiger charge is -2.26. The highest BCUT2D eigenvalue weighted by Gasteiger charge is 2.17. The van der Waals surface area contributed by atoms with E-state index in [0.29, 0.717) is 18.0 Å². The van der Waals surface area contributed by atoms with Gasteiger partial charge in [0.2, 0.25) is 0 Å². The minimum Gasteiger partial charge on any atom is -0.337 e. The van der Waals surface area contributed by atoms with Crippen LogP contribution < -0.4 is 5.73 Å². The number of nitrogens with two attached hydrogens (primary N) is 1. The molecule has 1 rings (SSSR count). The number of hydrogen-bond acceptors (Lipinski definition) is 4. The molecule has 1 heterocycles. The van der Waals surface area contributed by atoms with E-state index in [1.807, 2.05) is 19.0 Å². The Morgan fingerprint density at radius 1 is 1.35 bits per heavy atom. The Bertz CT molecular complexity index is 432. The van der Waals surface area contributed by atoms with E-state index in [9.17, 15) is 4.79 Å². The number of carbonyl (C=O) groups is 1. The SMILES string of the molecule is CC(C)CN(CCN(C)C)C(=O)c1ccnc(CN)c1. The van der Waals surface area contributed by atoms with Crippen molar-refractivity contribution in [3.05, 3.63) is 29.6 Å². The van der Waals surface area contributed by atoms with Gasteiger partial charge in [0.1, 0.15) is 0 Å². The highest BCUT2D eigenvalue weighted by atomic mass is 16.2. The molecule has 0 aliphatic heterocycles. The van der Waals surface area contributed by atoms with Crippen LogP contribution >= 0.6 is 0 Å². The average molecular weight is 278 g/mol. The monoisotopic (exact) mass is 278 g/mol. The fourth-order valence-corrected chi connectivity index (χ4v) is 1.94. The predicted octanol–water partition coefficient (Wildman–Crippen LogP) is 1.20. The summed E-state index contributed by atoms with van der Waals surface area (Å²) in [7, 11) is 4.02. The van der Waals surface area contributed by atoms with Gasteiger partial charge in [-0.05, 0) is 32.1 Å².